The highest BCUT2D eigenvalue weighted by atomic mass is 79.9. The van der Waals surface area contributed by atoms with Gasteiger partial charge in [0.15, 0.2) is 19.7 Å². The average Bonchev–Trinajstić information content (AvgIpc) is 2.60. The molecule has 1 saturated heterocycles. The van der Waals surface area contributed by atoms with E-state index in [1.807, 2.05) is 29.2 Å². The Morgan fingerprint density at radius 2 is 1.67 bits per heavy atom. The van der Waals surface area contributed by atoms with Crippen LogP contribution in [-0.2, 0) is 24.4 Å². The Labute approximate surface area is 168 Å². The fraction of sp³-hybridized carbons (Fsp3) is 0.333. The maximum absolute atomic E-state index is 12.3. The molecule has 0 N–H and O–H groups in total. The molecule has 6 nitrogen and oxygen atoms in total. The smallest absolute Gasteiger partial charge is 0.177 e. The van der Waals surface area contributed by atoms with Gasteiger partial charge < -0.3 is 9.64 Å². The van der Waals surface area contributed by atoms with E-state index in [1.54, 1.807) is 6.07 Å². The van der Waals surface area contributed by atoms with Crippen molar-refractivity contribution in [3.8, 4) is 0 Å². The molecule has 27 heavy (non-hydrogen) atoms. The number of hydrogen-bond donors (Lipinski definition) is 0. The zero-order chi connectivity index (χ0) is 19.8. The summed E-state index contributed by atoms with van der Waals surface area (Å²) in [5.41, 5.74) is 1.49. The van der Waals surface area contributed by atoms with Crippen LogP contribution in [0.5, 0.6) is 0 Å². The summed E-state index contributed by atoms with van der Waals surface area (Å²) in [6, 6.07) is 12.0. The molecule has 1 atom stereocenters. The Morgan fingerprint density at radius 3 is 2.26 bits per heavy atom. The van der Waals surface area contributed by atoms with Crippen LogP contribution in [0.2, 0.25) is 0 Å². The van der Waals surface area contributed by atoms with E-state index in [-0.39, 0.29) is 15.9 Å². The first-order valence-electron chi connectivity index (χ1n) is 8.22. The minimum atomic E-state index is -3.61. The molecule has 2 aromatic carbocycles. The van der Waals surface area contributed by atoms with Crippen LogP contribution in [0, 0.1) is 0 Å². The van der Waals surface area contributed by atoms with Gasteiger partial charge in [0.2, 0.25) is 0 Å². The van der Waals surface area contributed by atoms with Gasteiger partial charge in [0, 0.05) is 30.1 Å². The molecular weight excluding hydrogens is 454 g/mol. The lowest BCUT2D eigenvalue weighted by atomic mass is 10.1. The summed E-state index contributed by atoms with van der Waals surface area (Å²) in [6.45, 7) is 1.44. The molecule has 2 aromatic rings. The zero-order valence-electron chi connectivity index (χ0n) is 14.9. The number of nitrogens with zero attached hydrogens (tertiary/aromatic N) is 1. The minimum Gasteiger partial charge on any atom is -0.370 e. The lowest BCUT2D eigenvalue weighted by molar-refractivity contribution is 0.0396. The number of ether oxygens (including phenoxy) is 1. The van der Waals surface area contributed by atoms with Crippen molar-refractivity contribution >= 4 is 41.3 Å². The van der Waals surface area contributed by atoms with Gasteiger partial charge in [0.25, 0.3) is 0 Å². The third-order valence-corrected chi connectivity index (χ3v) is 7.17. The molecular formula is C18H20BrNO5S2. The summed E-state index contributed by atoms with van der Waals surface area (Å²) in [5.74, 6) is 0. The van der Waals surface area contributed by atoms with Crippen LogP contribution in [0.4, 0.5) is 5.69 Å². The molecule has 1 aliphatic heterocycles. The van der Waals surface area contributed by atoms with Crippen molar-refractivity contribution in [2.24, 2.45) is 0 Å². The van der Waals surface area contributed by atoms with Crippen LogP contribution in [-0.4, -0.2) is 49.0 Å². The van der Waals surface area contributed by atoms with Crippen molar-refractivity contribution in [2.45, 2.75) is 15.9 Å². The normalized spacial score (nSPS) is 18.5. The number of morpholine rings is 1. The first-order chi connectivity index (χ1) is 12.6. The van der Waals surface area contributed by atoms with Crippen LogP contribution in [0.3, 0.4) is 0 Å². The van der Waals surface area contributed by atoms with Crippen molar-refractivity contribution in [1.29, 1.82) is 0 Å². The van der Waals surface area contributed by atoms with Crippen LogP contribution in [0.25, 0.3) is 0 Å². The van der Waals surface area contributed by atoms with Crippen molar-refractivity contribution in [1.82, 2.24) is 0 Å². The van der Waals surface area contributed by atoms with Gasteiger partial charge in [0.05, 0.1) is 22.1 Å². The molecule has 0 bridgehead atoms. The molecule has 3 rings (SSSR count). The lowest BCUT2D eigenvalue weighted by Gasteiger charge is -2.35. The van der Waals surface area contributed by atoms with E-state index < -0.39 is 19.7 Å². The van der Waals surface area contributed by atoms with Gasteiger partial charge in [-0.2, -0.15) is 0 Å². The second-order valence-corrected chi connectivity index (χ2v) is 11.4. The third kappa shape index (κ3) is 4.71. The van der Waals surface area contributed by atoms with E-state index in [1.165, 1.54) is 12.1 Å². The standard InChI is InChI=1S/C18H20BrNO5S2/c1-26(21,22)15-7-8-16(18(11-15)27(2,23)24)20-9-10-25-17(12-20)13-3-5-14(19)6-4-13/h3-8,11,17H,9-10,12H2,1-2H3. The van der Waals surface area contributed by atoms with Crippen LogP contribution in [0.1, 0.15) is 11.7 Å². The highest BCUT2D eigenvalue weighted by Crippen LogP contribution is 2.32. The molecule has 146 valence electrons. The topological polar surface area (TPSA) is 80.8 Å². The van der Waals surface area contributed by atoms with E-state index >= 15 is 0 Å². The van der Waals surface area contributed by atoms with E-state index in [0.717, 1.165) is 22.5 Å². The Balaban J connectivity index is 1.98. The summed E-state index contributed by atoms with van der Waals surface area (Å²) in [6.07, 6.45) is 1.95. The number of halogens is 1. The van der Waals surface area contributed by atoms with Gasteiger partial charge in [-0.25, -0.2) is 16.8 Å². The average molecular weight is 474 g/mol. The molecule has 0 spiro atoms. The highest BCUT2D eigenvalue weighted by Gasteiger charge is 2.27. The number of benzene rings is 2. The fourth-order valence-corrected chi connectivity index (χ4v) is 4.93. The number of hydrogen-bond acceptors (Lipinski definition) is 6. The van der Waals surface area contributed by atoms with E-state index in [9.17, 15) is 16.8 Å². The number of sulfone groups is 2. The van der Waals surface area contributed by atoms with E-state index in [2.05, 4.69) is 15.9 Å². The van der Waals surface area contributed by atoms with E-state index in [4.69, 9.17) is 4.74 Å². The summed E-state index contributed by atoms with van der Waals surface area (Å²) >= 11 is 3.41. The molecule has 1 fully saturated rings. The summed E-state index contributed by atoms with van der Waals surface area (Å²) in [5, 5.41) is 0. The largest absolute Gasteiger partial charge is 0.370 e. The molecule has 0 aliphatic carbocycles. The van der Waals surface area contributed by atoms with Crippen LogP contribution in [0.15, 0.2) is 56.7 Å². The Bertz CT molecular complexity index is 1050. The van der Waals surface area contributed by atoms with Crippen LogP contribution < -0.4 is 4.90 Å². The molecule has 0 amide bonds. The van der Waals surface area contributed by atoms with Crippen molar-refractivity contribution < 1.29 is 21.6 Å². The summed E-state index contributed by atoms with van der Waals surface area (Å²) in [7, 11) is -7.11. The second-order valence-electron chi connectivity index (χ2n) is 6.53. The van der Waals surface area contributed by atoms with Gasteiger partial charge in [-0.15, -0.1) is 0 Å². The minimum absolute atomic E-state index is 0.00982. The first kappa shape index (κ1) is 20.3. The van der Waals surface area contributed by atoms with Crippen LogP contribution >= 0.6 is 15.9 Å². The molecule has 1 heterocycles. The lowest BCUT2D eigenvalue weighted by Crippen LogP contribution is -2.39. The van der Waals surface area contributed by atoms with Gasteiger partial charge >= 0.3 is 0 Å². The van der Waals surface area contributed by atoms with Crippen molar-refractivity contribution in [3.05, 3.63) is 52.5 Å². The second kappa shape index (κ2) is 7.54. The van der Waals surface area contributed by atoms with Crippen molar-refractivity contribution in [3.63, 3.8) is 0 Å². The maximum atomic E-state index is 12.3. The predicted octanol–water partition coefficient (Wildman–Crippen LogP) is 2.83. The van der Waals surface area contributed by atoms with E-state index in [0.29, 0.717) is 25.4 Å². The van der Waals surface area contributed by atoms with Crippen molar-refractivity contribution in [2.75, 3.05) is 37.1 Å². The zero-order valence-corrected chi connectivity index (χ0v) is 18.1. The molecule has 9 heteroatoms. The maximum Gasteiger partial charge on any atom is 0.177 e. The quantitative estimate of drug-likeness (QED) is 0.678. The van der Waals surface area contributed by atoms with Gasteiger partial charge in [-0.1, -0.05) is 28.1 Å². The summed E-state index contributed by atoms with van der Waals surface area (Å²) < 4.78 is 55.1. The Hall–Kier alpha value is -1.42. The molecule has 1 unspecified atom stereocenters. The third-order valence-electron chi connectivity index (χ3n) is 4.41. The Morgan fingerprint density at radius 1 is 1.00 bits per heavy atom. The molecule has 0 radical (unpaired) electrons. The number of anilines is 1. The fourth-order valence-electron chi connectivity index (χ4n) is 3.03. The first-order valence-corrected chi connectivity index (χ1v) is 12.8. The Kier molecular flexibility index (Phi) is 5.67. The predicted molar refractivity (Wildman–Crippen MR) is 108 cm³/mol. The van der Waals surface area contributed by atoms with Gasteiger partial charge in [-0.3, -0.25) is 0 Å². The SMILES string of the molecule is CS(=O)(=O)c1ccc(N2CCOC(c3ccc(Br)cc3)C2)c(S(C)(=O)=O)c1. The number of rotatable bonds is 4. The monoisotopic (exact) mass is 473 g/mol. The molecule has 1 aliphatic rings. The molecule has 0 saturated carbocycles. The van der Waals surface area contributed by atoms with Gasteiger partial charge in [0.1, 0.15) is 6.10 Å². The molecule has 0 aromatic heterocycles. The highest BCUT2D eigenvalue weighted by molar-refractivity contribution is 9.10. The summed E-state index contributed by atoms with van der Waals surface area (Å²) in [4.78, 5) is 1.94. The van der Waals surface area contributed by atoms with Gasteiger partial charge in [-0.05, 0) is 35.9 Å².